The first-order valence-corrected chi connectivity index (χ1v) is 9.95. The van der Waals surface area contributed by atoms with Crippen LogP contribution in [0, 0.1) is 13.8 Å². The molecule has 0 aromatic heterocycles. The molecule has 1 aromatic carbocycles. The first-order valence-electron chi connectivity index (χ1n) is 8.51. The van der Waals surface area contributed by atoms with Crippen LogP contribution in [-0.4, -0.2) is 75.8 Å². The fraction of sp³-hybridized carbons (Fsp3) is 0.529. The number of carbonyl (C=O) groups excluding carboxylic acids is 2. The predicted molar refractivity (Wildman–Crippen MR) is 98.2 cm³/mol. The van der Waals surface area contributed by atoms with Crippen LogP contribution in [-0.2, 0) is 19.6 Å². The van der Waals surface area contributed by atoms with E-state index in [4.69, 9.17) is 0 Å². The molecular weight excluding hydrogens is 356 g/mol. The third-order valence-corrected chi connectivity index (χ3v) is 6.43. The maximum atomic E-state index is 12.8. The molecule has 1 aliphatic heterocycles. The van der Waals surface area contributed by atoms with Crippen LogP contribution in [0.25, 0.3) is 0 Å². The zero-order chi connectivity index (χ0) is 19.3. The molecule has 1 saturated heterocycles. The van der Waals surface area contributed by atoms with Gasteiger partial charge in [0, 0.05) is 33.2 Å². The number of nitrogens with zero attached hydrogens (tertiary/aromatic N) is 2. The van der Waals surface area contributed by atoms with Crippen molar-refractivity contribution in [1.82, 2.24) is 19.8 Å². The van der Waals surface area contributed by atoms with E-state index in [1.54, 1.807) is 19.1 Å². The molecule has 0 saturated carbocycles. The zero-order valence-corrected chi connectivity index (χ0v) is 16.2. The summed E-state index contributed by atoms with van der Waals surface area (Å²) >= 11 is 0. The van der Waals surface area contributed by atoms with E-state index in [0.717, 1.165) is 11.1 Å². The lowest BCUT2D eigenvalue weighted by Gasteiger charge is -2.33. The van der Waals surface area contributed by atoms with Crippen LogP contribution in [0.3, 0.4) is 0 Å². The maximum absolute atomic E-state index is 12.8. The minimum Gasteiger partial charge on any atom is -0.358 e. The first-order chi connectivity index (χ1) is 12.2. The molecule has 9 heteroatoms. The van der Waals surface area contributed by atoms with Crippen molar-refractivity contribution in [1.29, 1.82) is 0 Å². The van der Waals surface area contributed by atoms with Crippen molar-refractivity contribution in [2.75, 3.05) is 46.3 Å². The normalized spacial score (nSPS) is 16.3. The van der Waals surface area contributed by atoms with Gasteiger partial charge in [0.1, 0.15) is 0 Å². The first kappa shape index (κ1) is 20.3. The molecule has 2 amide bonds. The molecule has 144 valence electrons. The number of hydrogen-bond donors (Lipinski definition) is 2. The van der Waals surface area contributed by atoms with Crippen LogP contribution < -0.4 is 10.6 Å². The molecule has 1 aliphatic rings. The summed E-state index contributed by atoms with van der Waals surface area (Å²) in [7, 11) is -2.03. The van der Waals surface area contributed by atoms with Gasteiger partial charge < -0.3 is 10.6 Å². The van der Waals surface area contributed by atoms with Gasteiger partial charge in [-0.3, -0.25) is 14.5 Å². The second-order valence-electron chi connectivity index (χ2n) is 6.40. The summed E-state index contributed by atoms with van der Waals surface area (Å²) in [5.74, 6) is -0.512. The second kappa shape index (κ2) is 8.61. The standard InChI is InChI=1S/C17H26N4O4S/c1-13-4-5-15(14(2)10-13)26(24,25)21-8-6-20(7-9-21)12-17(23)19-11-16(22)18-3/h4-5,10H,6-9,11-12H2,1-3H3,(H,18,22)(H,19,23). The Morgan fingerprint density at radius 3 is 2.31 bits per heavy atom. The van der Waals surface area contributed by atoms with Crippen molar-refractivity contribution in [3.63, 3.8) is 0 Å². The fourth-order valence-corrected chi connectivity index (χ4v) is 4.51. The second-order valence-corrected chi connectivity index (χ2v) is 8.31. The van der Waals surface area contributed by atoms with Gasteiger partial charge >= 0.3 is 0 Å². The Morgan fingerprint density at radius 2 is 1.73 bits per heavy atom. The quantitative estimate of drug-likeness (QED) is 0.689. The molecule has 26 heavy (non-hydrogen) atoms. The van der Waals surface area contributed by atoms with Gasteiger partial charge in [0.05, 0.1) is 18.0 Å². The average Bonchev–Trinajstić information content (AvgIpc) is 2.59. The van der Waals surface area contributed by atoms with E-state index in [1.807, 2.05) is 17.9 Å². The van der Waals surface area contributed by atoms with Crippen molar-refractivity contribution in [3.05, 3.63) is 29.3 Å². The average molecular weight is 382 g/mol. The van der Waals surface area contributed by atoms with Crippen molar-refractivity contribution in [3.8, 4) is 0 Å². The Bertz CT molecular complexity index is 771. The molecule has 2 N–H and O–H groups in total. The smallest absolute Gasteiger partial charge is 0.243 e. The van der Waals surface area contributed by atoms with E-state index in [0.29, 0.717) is 31.1 Å². The van der Waals surface area contributed by atoms with Crippen molar-refractivity contribution < 1.29 is 18.0 Å². The third kappa shape index (κ3) is 5.03. The molecule has 8 nitrogen and oxygen atoms in total. The van der Waals surface area contributed by atoms with Crippen molar-refractivity contribution >= 4 is 21.8 Å². The largest absolute Gasteiger partial charge is 0.358 e. The van der Waals surface area contributed by atoms with Gasteiger partial charge in [0.2, 0.25) is 21.8 Å². The number of hydrogen-bond acceptors (Lipinski definition) is 5. The van der Waals surface area contributed by atoms with Crippen molar-refractivity contribution in [2.24, 2.45) is 0 Å². The van der Waals surface area contributed by atoms with Crippen LogP contribution in [0.5, 0.6) is 0 Å². The number of benzene rings is 1. The number of rotatable bonds is 6. The molecule has 0 bridgehead atoms. The summed E-state index contributed by atoms with van der Waals surface area (Å²) in [6.45, 7) is 5.42. The zero-order valence-electron chi connectivity index (χ0n) is 15.4. The number of aryl methyl sites for hydroxylation is 2. The Morgan fingerprint density at radius 1 is 1.08 bits per heavy atom. The predicted octanol–water partition coefficient (Wildman–Crippen LogP) is -0.528. The summed E-state index contributed by atoms with van der Waals surface area (Å²) in [5, 5.41) is 4.97. The van der Waals surface area contributed by atoms with Crippen LogP contribution >= 0.6 is 0 Å². The number of likely N-dealkylation sites (N-methyl/N-ethyl adjacent to an activating group) is 1. The number of sulfonamides is 1. The van der Waals surface area contributed by atoms with Crippen LogP contribution in [0.4, 0.5) is 0 Å². The van der Waals surface area contributed by atoms with Crippen molar-refractivity contribution in [2.45, 2.75) is 18.7 Å². The maximum Gasteiger partial charge on any atom is 0.243 e. The summed E-state index contributed by atoms with van der Waals surface area (Å²) in [6.07, 6.45) is 0. The van der Waals surface area contributed by atoms with Gasteiger partial charge in [-0.05, 0) is 25.5 Å². The Kier molecular flexibility index (Phi) is 6.74. The molecule has 0 spiro atoms. The Balaban J connectivity index is 1.91. The summed E-state index contributed by atoms with van der Waals surface area (Å²) in [6, 6.07) is 5.31. The lowest BCUT2D eigenvalue weighted by molar-refractivity contribution is -0.126. The number of nitrogens with one attached hydrogen (secondary N) is 2. The number of amides is 2. The van der Waals surface area contributed by atoms with E-state index >= 15 is 0 Å². The summed E-state index contributed by atoms with van der Waals surface area (Å²) in [5.41, 5.74) is 1.76. The monoisotopic (exact) mass is 382 g/mol. The summed E-state index contributed by atoms with van der Waals surface area (Å²) < 4.78 is 27.1. The van der Waals surface area contributed by atoms with Crippen LogP contribution in [0.2, 0.25) is 0 Å². The minimum atomic E-state index is -3.53. The molecule has 0 atom stereocenters. The van der Waals surface area contributed by atoms with Gasteiger partial charge in [-0.15, -0.1) is 0 Å². The van der Waals surface area contributed by atoms with Gasteiger partial charge in [0.25, 0.3) is 0 Å². The Hall–Kier alpha value is -1.97. The lowest BCUT2D eigenvalue weighted by Crippen LogP contribution is -2.51. The topological polar surface area (TPSA) is 98.8 Å². The fourth-order valence-electron chi connectivity index (χ4n) is 2.88. The molecule has 2 rings (SSSR count). The highest BCUT2D eigenvalue weighted by molar-refractivity contribution is 7.89. The molecule has 0 radical (unpaired) electrons. The molecule has 1 heterocycles. The Labute approximate surface area is 154 Å². The van der Waals surface area contributed by atoms with E-state index < -0.39 is 10.0 Å². The molecular formula is C17H26N4O4S. The number of carbonyl (C=O) groups is 2. The van der Waals surface area contributed by atoms with Gasteiger partial charge in [-0.2, -0.15) is 4.31 Å². The van der Waals surface area contributed by atoms with Gasteiger partial charge in [0.15, 0.2) is 0 Å². The summed E-state index contributed by atoms with van der Waals surface area (Å²) in [4.78, 5) is 25.2. The van der Waals surface area contributed by atoms with E-state index in [1.165, 1.54) is 11.4 Å². The lowest BCUT2D eigenvalue weighted by atomic mass is 10.2. The van der Waals surface area contributed by atoms with E-state index in [9.17, 15) is 18.0 Å². The van der Waals surface area contributed by atoms with Crippen LogP contribution in [0.1, 0.15) is 11.1 Å². The van der Waals surface area contributed by atoms with Gasteiger partial charge in [-0.1, -0.05) is 17.7 Å². The highest BCUT2D eigenvalue weighted by Crippen LogP contribution is 2.22. The van der Waals surface area contributed by atoms with E-state index in [-0.39, 0.29) is 24.9 Å². The van der Waals surface area contributed by atoms with Gasteiger partial charge in [-0.25, -0.2) is 8.42 Å². The molecule has 0 unspecified atom stereocenters. The minimum absolute atomic E-state index is 0.0591. The number of piperazine rings is 1. The SMILES string of the molecule is CNC(=O)CNC(=O)CN1CCN(S(=O)(=O)c2ccc(C)cc2C)CC1. The highest BCUT2D eigenvalue weighted by Gasteiger charge is 2.30. The highest BCUT2D eigenvalue weighted by atomic mass is 32.2. The molecule has 0 aliphatic carbocycles. The van der Waals surface area contributed by atoms with E-state index in [2.05, 4.69) is 10.6 Å². The molecule has 1 aromatic rings. The van der Waals surface area contributed by atoms with Crippen LogP contribution in [0.15, 0.2) is 23.1 Å². The molecule has 1 fully saturated rings. The third-order valence-electron chi connectivity index (χ3n) is 4.37.